The van der Waals surface area contributed by atoms with Crippen LogP contribution in [0.25, 0.3) is 10.9 Å². The summed E-state index contributed by atoms with van der Waals surface area (Å²) in [6.45, 7) is 0.115. The van der Waals surface area contributed by atoms with Gasteiger partial charge in [-0.25, -0.2) is 4.79 Å². The molecule has 2 aromatic heterocycles. The summed E-state index contributed by atoms with van der Waals surface area (Å²) in [4.78, 5) is 16.7. The number of amides is 1. The van der Waals surface area contributed by atoms with E-state index in [0.717, 1.165) is 5.56 Å². The summed E-state index contributed by atoms with van der Waals surface area (Å²) < 4.78 is 10.8. The van der Waals surface area contributed by atoms with Crippen molar-refractivity contribution in [1.29, 1.82) is 0 Å². The van der Waals surface area contributed by atoms with E-state index in [1.807, 2.05) is 30.3 Å². The number of furan rings is 1. The van der Waals surface area contributed by atoms with E-state index < -0.39 is 12.1 Å². The molecule has 2 aromatic carbocycles. The number of carbonyl (C=O) groups excluding carboxylic acids is 1. The van der Waals surface area contributed by atoms with Crippen molar-refractivity contribution < 1.29 is 19.1 Å². The van der Waals surface area contributed by atoms with E-state index in [1.54, 1.807) is 36.5 Å². The maximum Gasteiger partial charge on any atom is 0.408 e. The van der Waals surface area contributed by atoms with Gasteiger partial charge >= 0.3 is 6.09 Å². The molecule has 0 aliphatic heterocycles. The Bertz CT molecular complexity index is 1130. The molecule has 0 spiro atoms. The molecule has 0 saturated heterocycles. The number of nitrogens with zero attached hydrogens (tertiary/aromatic N) is 1. The summed E-state index contributed by atoms with van der Waals surface area (Å²) in [5.41, 5.74) is 1.55. The molecule has 1 unspecified atom stereocenters. The Morgan fingerprint density at radius 1 is 1.17 bits per heavy atom. The highest BCUT2D eigenvalue weighted by Gasteiger charge is 2.25. The van der Waals surface area contributed by atoms with E-state index in [2.05, 4.69) is 10.3 Å². The molecule has 4 rings (SSSR count). The van der Waals surface area contributed by atoms with Gasteiger partial charge in [0.15, 0.2) is 0 Å². The van der Waals surface area contributed by atoms with Crippen LogP contribution in [0.15, 0.2) is 77.5 Å². The molecule has 2 heterocycles. The molecule has 2 N–H and O–H groups in total. The number of rotatable bonds is 5. The second-order valence-electron chi connectivity index (χ2n) is 6.35. The van der Waals surface area contributed by atoms with Crippen LogP contribution in [-0.2, 0) is 11.3 Å². The standard InChI is InChI=1S/C22H17ClN2O4/c23-17-12-16(21(26)20-15(17)8-4-10-24-20)19(18-9-5-11-28-18)25-22(27)29-13-14-6-2-1-3-7-14/h1-12,19,26H,13H2,(H,25,27). The number of ether oxygens (including phenoxy) is 1. The molecular weight excluding hydrogens is 392 g/mol. The summed E-state index contributed by atoms with van der Waals surface area (Å²) in [6.07, 6.45) is 2.38. The zero-order valence-electron chi connectivity index (χ0n) is 15.2. The first-order chi connectivity index (χ1) is 14.1. The molecule has 29 heavy (non-hydrogen) atoms. The number of aromatic nitrogens is 1. The fourth-order valence-corrected chi connectivity index (χ4v) is 3.34. The topological polar surface area (TPSA) is 84.6 Å². The van der Waals surface area contributed by atoms with Gasteiger partial charge in [-0.1, -0.05) is 41.9 Å². The Morgan fingerprint density at radius 2 is 2.00 bits per heavy atom. The first kappa shape index (κ1) is 18.8. The van der Waals surface area contributed by atoms with Crippen LogP contribution in [0.2, 0.25) is 5.02 Å². The minimum absolute atomic E-state index is 0.0882. The third-order valence-corrected chi connectivity index (χ3v) is 4.77. The Kier molecular flexibility index (Phi) is 5.35. The summed E-state index contributed by atoms with van der Waals surface area (Å²) in [7, 11) is 0. The highest BCUT2D eigenvalue weighted by molar-refractivity contribution is 6.35. The highest BCUT2D eigenvalue weighted by atomic mass is 35.5. The van der Waals surface area contributed by atoms with Crippen LogP contribution >= 0.6 is 11.6 Å². The van der Waals surface area contributed by atoms with Crippen molar-refractivity contribution in [3.05, 3.63) is 95.0 Å². The lowest BCUT2D eigenvalue weighted by molar-refractivity contribution is 0.136. The van der Waals surface area contributed by atoms with Gasteiger partial charge in [-0.3, -0.25) is 4.98 Å². The molecule has 4 aromatic rings. The number of benzene rings is 2. The van der Waals surface area contributed by atoms with Gasteiger partial charge in [0.25, 0.3) is 0 Å². The normalized spacial score (nSPS) is 11.9. The Balaban J connectivity index is 1.64. The molecule has 0 bridgehead atoms. The number of hydrogen-bond acceptors (Lipinski definition) is 5. The van der Waals surface area contributed by atoms with Gasteiger partial charge in [0.2, 0.25) is 0 Å². The molecule has 1 amide bonds. The van der Waals surface area contributed by atoms with Gasteiger partial charge in [0.05, 0.1) is 11.3 Å². The number of alkyl carbamates (subject to hydrolysis) is 1. The van der Waals surface area contributed by atoms with E-state index in [9.17, 15) is 9.90 Å². The molecular formula is C22H17ClN2O4. The second kappa shape index (κ2) is 8.24. The number of fused-ring (bicyclic) bond motifs is 1. The van der Waals surface area contributed by atoms with E-state index in [1.165, 1.54) is 6.26 Å². The predicted molar refractivity (Wildman–Crippen MR) is 109 cm³/mol. The van der Waals surface area contributed by atoms with Crippen molar-refractivity contribution in [2.24, 2.45) is 0 Å². The number of halogens is 1. The van der Waals surface area contributed by atoms with E-state index >= 15 is 0 Å². The van der Waals surface area contributed by atoms with E-state index in [4.69, 9.17) is 20.8 Å². The number of hydrogen-bond donors (Lipinski definition) is 2. The number of carbonyl (C=O) groups is 1. The van der Waals surface area contributed by atoms with Crippen molar-refractivity contribution in [3.8, 4) is 5.75 Å². The van der Waals surface area contributed by atoms with Crippen molar-refractivity contribution >= 4 is 28.6 Å². The van der Waals surface area contributed by atoms with E-state index in [0.29, 0.717) is 27.2 Å². The minimum atomic E-state index is -0.808. The van der Waals surface area contributed by atoms with Crippen LogP contribution in [0.4, 0.5) is 4.79 Å². The SMILES string of the molecule is O=C(NC(c1ccco1)c1cc(Cl)c2cccnc2c1O)OCc1ccccc1. The molecule has 6 nitrogen and oxygen atoms in total. The van der Waals surface area contributed by atoms with Gasteiger partial charge < -0.3 is 19.6 Å². The lowest BCUT2D eigenvalue weighted by atomic mass is 10.0. The predicted octanol–water partition coefficient (Wildman–Crippen LogP) is 5.20. The number of phenols is 1. The quantitative estimate of drug-likeness (QED) is 0.474. The van der Waals surface area contributed by atoms with Crippen LogP contribution < -0.4 is 5.32 Å². The second-order valence-corrected chi connectivity index (χ2v) is 6.76. The van der Waals surface area contributed by atoms with Gasteiger partial charge in [0, 0.05) is 17.1 Å². The first-order valence-electron chi connectivity index (χ1n) is 8.90. The van der Waals surface area contributed by atoms with Crippen molar-refractivity contribution in [1.82, 2.24) is 10.3 Å². The molecule has 7 heteroatoms. The average Bonchev–Trinajstić information content (AvgIpc) is 3.29. The number of nitrogens with one attached hydrogen (secondary N) is 1. The highest BCUT2D eigenvalue weighted by Crippen LogP contribution is 2.38. The maximum absolute atomic E-state index is 12.4. The summed E-state index contributed by atoms with van der Waals surface area (Å²) >= 11 is 6.39. The monoisotopic (exact) mass is 408 g/mol. The van der Waals surface area contributed by atoms with Gasteiger partial charge in [-0.15, -0.1) is 0 Å². The Labute approximate surface area is 171 Å². The first-order valence-corrected chi connectivity index (χ1v) is 9.28. The summed E-state index contributed by atoms with van der Waals surface area (Å²) in [5, 5.41) is 14.6. The van der Waals surface area contributed by atoms with Crippen LogP contribution in [0.5, 0.6) is 5.75 Å². The zero-order valence-corrected chi connectivity index (χ0v) is 16.0. The number of phenolic OH excluding ortho intramolecular Hbond substituents is 1. The summed E-state index contributed by atoms with van der Waals surface area (Å²) in [6, 6.07) is 17.0. The molecule has 0 aliphatic carbocycles. The largest absolute Gasteiger partial charge is 0.505 e. The van der Waals surface area contributed by atoms with Crippen molar-refractivity contribution in [3.63, 3.8) is 0 Å². The fraction of sp³-hybridized carbons (Fsp3) is 0.0909. The molecule has 146 valence electrons. The molecule has 1 atom stereocenters. The van der Waals surface area contributed by atoms with Crippen LogP contribution in [0.3, 0.4) is 0 Å². The molecule has 0 radical (unpaired) electrons. The van der Waals surface area contributed by atoms with Crippen LogP contribution in [0.1, 0.15) is 22.9 Å². The van der Waals surface area contributed by atoms with Crippen molar-refractivity contribution in [2.45, 2.75) is 12.6 Å². The third kappa shape index (κ3) is 4.02. The number of aromatic hydroxyl groups is 1. The molecule has 0 saturated carbocycles. The Morgan fingerprint density at radius 3 is 2.76 bits per heavy atom. The smallest absolute Gasteiger partial charge is 0.408 e. The molecule has 0 fully saturated rings. The summed E-state index contributed by atoms with van der Waals surface area (Å²) in [5.74, 6) is 0.332. The van der Waals surface area contributed by atoms with Gasteiger partial charge in [-0.2, -0.15) is 0 Å². The van der Waals surface area contributed by atoms with Crippen molar-refractivity contribution in [2.75, 3.05) is 0 Å². The van der Waals surface area contributed by atoms with Crippen LogP contribution in [-0.4, -0.2) is 16.2 Å². The van der Waals surface area contributed by atoms with Crippen LogP contribution in [0, 0.1) is 0 Å². The molecule has 0 aliphatic rings. The average molecular weight is 409 g/mol. The van der Waals surface area contributed by atoms with E-state index in [-0.39, 0.29) is 12.4 Å². The maximum atomic E-state index is 12.4. The third-order valence-electron chi connectivity index (χ3n) is 4.46. The van der Waals surface area contributed by atoms with Gasteiger partial charge in [-0.05, 0) is 35.9 Å². The minimum Gasteiger partial charge on any atom is -0.505 e. The lowest BCUT2D eigenvalue weighted by Gasteiger charge is -2.19. The Hall–Kier alpha value is -3.51. The lowest BCUT2D eigenvalue weighted by Crippen LogP contribution is -2.29. The zero-order chi connectivity index (χ0) is 20.2. The fourth-order valence-electron chi connectivity index (χ4n) is 3.07. The number of pyridine rings is 1. The van der Waals surface area contributed by atoms with Gasteiger partial charge in [0.1, 0.15) is 29.7 Å².